The predicted octanol–water partition coefficient (Wildman–Crippen LogP) is 3.27. The van der Waals surface area contributed by atoms with Gasteiger partial charge in [0.15, 0.2) is 0 Å². The number of rotatable bonds is 4. The largest absolute Gasteiger partial charge is 0.481 e. The smallest absolute Gasteiger partial charge is 0.312 e. The molecule has 1 aromatic heterocycles. The van der Waals surface area contributed by atoms with Gasteiger partial charge in [-0.05, 0) is 38.0 Å². The lowest BCUT2D eigenvalue weighted by atomic mass is 9.96. The third kappa shape index (κ3) is 3.42. The van der Waals surface area contributed by atoms with Crippen LogP contribution in [0.5, 0.6) is 0 Å². The molecule has 2 rings (SSSR count). The maximum absolute atomic E-state index is 11.5. The third-order valence-corrected chi connectivity index (χ3v) is 3.75. The molecule has 0 amide bonds. The van der Waals surface area contributed by atoms with Gasteiger partial charge in [0.2, 0.25) is 0 Å². The number of carboxylic acid groups (broad SMARTS) is 1. The van der Waals surface area contributed by atoms with Crippen LogP contribution in [0.25, 0.3) is 0 Å². The second-order valence-corrected chi connectivity index (χ2v) is 5.60. The number of aliphatic carboxylic acids is 1. The maximum atomic E-state index is 11.5. The number of aryl methyl sites for hydroxylation is 2. The number of hydrogen-bond acceptors (Lipinski definition) is 3. The van der Waals surface area contributed by atoms with Gasteiger partial charge in [0.1, 0.15) is 5.92 Å². The Morgan fingerprint density at radius 3 is 2.45 bits per heavy atom. The molecule has 2 aromatic rings. The summed E-state index contributed by atoms with van der Waals surface area (Å²) in [6.45, 7) is 3.70. The van der Waals surface area contributed by atoms with E-state index in [2.05, 4.69) is 25.9 Å². The van der Waals surface area contributed by atoms with Crippen LogP contribution < -0.4 is 0 Å². The van der Waals surface area contributed by atoms with Crippen LogP contribution in [0.15, 0.2) is 34.9 Å². The minimum absolute atomic E-state index is 0.403. The molecular formula is C15H15BrN2O2. The summed E-state index contributed by atoms with van der Waals surface area (Å²) < 4.78 is 0.971. The monoisotopic (exact) mass is 334 g/mol. The van der Waals surface area contributed by atoms with Crippen molar-refractivity contribution in [1.82, 2.24) is 9.97 Å². The van der Waals surface area contributed by atoms with E-state index in [0.717, 1.165) is 21.4 Å². The Balaban J connectivity index is 2.29. The molecule has 0 aliphatic rings. The molecule has 0 bridgehead atoms. The van der Waals surface area contributed by atoms with Gasteiger partial charge < -0.3 is 5.11 Å². The van der Waals surface area contributed by atoms with Crippen molar-refractivity contribution in [1.29, 1.82) is 0 Å². The van der Waals surface area contributed by atoms with E-state index >= 15 is 0 Å². The van der Waals surface area contributed by atoms with Gasteiger partial charge >= 0.3 is 5.97 Å². The first-order valence-electron chi connectivity index (χ1n) is 6.24. The Morgan fingerprint density at radius 1 is 1.25 bits per heavy atom. The van der Waals surface area contributed by atoms with Crippen LogP contribution in [0.4, 0.5) is 0 Å². The summed E-state index contributed by atoms with van der Waals surface area (Å²) in [7, 11) is 0. The Morgan fingerprint density at radius 2 is 1.90 bits per heavy atom. The lowest BCUT2D eigenvalue weighted by molar-refractivity contribution is -0.138. The summed E-state index contributed by atoms with van der Waals surface area (Å²) in [5.41, 5.74) is 3.05. The first-order valence-corrected chi connectivity index (χ1v) is 7.04. The molecule has 0 spiro atoms. The summed E-state index contributed by atoms with van der Waals surface area (Å²) in [4.78, 5) is 20.1. The van der Waals surface area contributed by atoms with Gasteiger partial charge in [-0.15, -0.1) is 0 Å². The highest BCUT2D eigenvalue weighted by atomic mass is 79.9. The molecule has 1 heterocycles. The fourth-order valence-corrected chi connectivity index (χ4v) is 2.17. The van der Waals surface area contributed by atoms with E-state index in [-0.39, 0.29) is 0 Å². The van der Waals surface area contributed by atoms with Crippen molar-refractivity contribution in [3.8, 4) is 0 Å². The predicted molar refractivity (Wildman–Crippen MR) is 79.7 cm³/mol. The van der Waals surface area contributed by atoms with Crippen LogP contribution in [0.2, 0.25) is 0 Å². The molecule has 20 heavy (non-hydrogen) atoms. The maximum Gasteiger partial charge on any atom is 0.312 e. The normalized spacial score (nSPS) is 12.2. The van der Waals surface area contributed by atoms with Crippen molar-refractivity contribution in [2.75, 3.05) is 0 Å². The van der Waals surface area contributed by atoms with E-state index < -0.39 is 11.9 Å². The quantitative estimate of drug-likeness (QED) is 0.931. The van der Waals surface area contributed by atoms with Gasteiger partial charge in [0.05, 0.1) is 17.1 Å². The summed E-state index contributed by atoms with van der Waals surface area (Å²) >= 11 is 3.36. The van der Waals surface area contributed by atoms with Crippen molar-refractivity contribution in [2.24, 2.45) is 0 Å². The molecule has 4 nitrogen and oxygen atoms in total. The highest BCUT2D eigenvalue weighted by Crippen LogP contribution is 2.21. The average molecular weight is 335 g/mol. The Bertz CT molecular complexity index is 626. The van der Waals surface area contributed by atoms with Crippen LogP contribution in [-0.2, 0) is 11.2 Å². The van der Waals surface area contributed by atoms with Crippen molar-refractivity contribution >= 4 is 21.9 Å². The summed E-state index contributed by atoms with van der Waals surface area (Å²) in [5.74, 6) is -1.56. The first-order chi connectivity index (χ1) is 9.47. The molecule has 1 aromatic carbocycles. The molecule has 1 atom stereocenters. The Kier molecular flexibility index (Phi) is 4.49. The topological polar surface area (TPSA) is 63.1 Å². The van der Waals surface area contributed by atoms with Crippen molar-refractivity contribution in [3.05, 3.63) is 57.6 Å². The molecule has 1 unspecified atom stereocenters. The average Bonchev–Trinajstić information content (AvgIpc) is 2.41. The summed E-state index contributed by atoms with van der Waals surface area (Å²) in [5, 5.41) is 9.43. The SMILES string of the molecule is Cc1ncc(C(Cc2ccc(Br)cc2)C(=O)O)nc1C. The lowest BCUT2D eigenvalue weighted by Crippen LogP contribution is -2.17. The van der Waals surface area contributed by atoms with Crippen molar-refractivity contribution < 1.29 is 9.90 Å². The molecule has 104 valence electrons. The zero-order valence-corrected chi connectivity index (χ0v) is 12.9. The van der Waals surface area contributed by atoms with Crippen LogP contribution in [-0.4, -0.2) is 21.0 Å². The van der Waals surface area contributed by atoms with Gasteiger partial charge in [-0.1, -0.05) is 28.1 Å². The molecule has 0 aliphatic heterocycles. The highest BCUT2D eigenvalue weighted by Gasteiger charge is 2.22. The zero-order chi connectivity index (χ0) is 14.7. The summed E-state index contributed by atoms with van der Waals surface area (Å²) in [6.07, 6.45) is 1.96. The number of nitrogens with zero attached hydrogens (tertiary/aromatic N) is 2. The van der Waals surface area contributed by atoms with Gasteiger partial charge in [-0.3, -0.25) is 14.8 Å². The van der Waals surface area contributed by atoms with E-state index in [1.807, 2.05) is 38.1 Å². The molecule has 0 aliphatic carbocycles. The Labute approximate surface area is 126 Å². The zero-order valence-electron chi connectivity index (χ0n) is 11.3. The van der Waals surface area contributed by atoms with Crippen LogP contribution in [0, 0.1) is 13.8 Å². The standard InChI is InChI=1S/C15H15BrN2O2/c1-9-10(2)18-14(8-17-9)13(15(19)20)7-11-3-5-12(16)6-4-11/h3-6,8,13H,7H2,1-2H3,(H,19,20). The van der Waals surface area contributed by atoms with Gasteiger partial charge in [-0.25, -0.2) is 0 Å². The fourth-order valence-electron chi connectivity index (χ4n) is 1.90. The molecular weight excluding hydrogens is 320 g/mol. The molecule has 0 saturated carbocycles. The first kappa shape index (κ1) is 14.7. The van der Waals surface area contributed by atoms with Gasteiger partial charge in [0, 0.05) is 10.7 Å². The number of carbonyl (C=O) groups is 1. The number of aromatic nitrogens is 2. The van der Waals surface area contributed by atoms with Crippen molar-refractivity contribution in [2.45, 2.75) is 26.2 Å². The fraction of sp³-hybridized carbons (Fsp3) is 0.267. The van der Waals surface area contributed by atoms with Crippen LogP contribution >= 0.6 is 15.9 Å². The van der Waals surface area contributed by atoms with E-state index in [4.69, 9.17) is 0 Å². The number of benzene rings is 1. The molecule has 0 saturated heterocycles. The minimum Gasteiger partial charge on any atom is -0.481 e. The second kappa shape index (κ2) is 6.13. The molecule has 5 heteroatoms. The highest BCUT2D eigenvalue weighted by molar-refractivity contribution is 9.10. The van der Waals surface area contributed by atoms with E-state index in [1.54, 1.807) is 6.20 Å². The number of halogens is 1. The van der Waals surface area contributed by atoms with Crippen LogP contribution in [0.1, 0.15) is 28.6 Å². The van der Waals surface area contributed by atoms with Crippen molar-refractivity contribution in [3.63, 3.8) is 0 Å². The van der Waals surface area contributed by atoms with E-state index in [1.165, 1.54) is 0 Å². The van der Waals surface area contributed by atoms with Gasteiger partial charge in [0.25, 0.3) is 0 Å². The molecule has 1 N–H and O–H groups in total. The summed E-state index contributed by atoms with van der Waals surface area (Å²) in [6, 6.07) is 7.63. The van der Waals surface area contributed by atoms with Crippen LogP contribution in [0.3, 0.4) is 0 Å². The second-order valence-electron chi connectivity index (χ2n) is 4.69. The Hall–Kier alpha value is -1.75. The number of carboxylic acids is 1. The van der Waals surface area contributed by atoms with Gasteiger partial charge in [-0.2, -0.15) is 0 Å². The minimum atomic E-state index is -0.884. The molecule has 0 radical (unpaired) electrons. The molecule has 0 fully saturated rings. The van der Waals surface area contributed by atoms with E-state index in [0.29, 0.717) is 12.1 Å². The van der Waals surface area contributed by atoms with E-state index in [9.17, 15) is 9.90 Å². The third-order valence-electron chi connectivity index (χ3n) is 3.22. The number of hydrogen-bond donors (Lipinski definition) is 1. The lowest BCUT2D eigenvalue weighted by Gasteiger charge is -2.13.